The highest BCUT2D eigenvalue weighted by atomic mass is 28.4. The van der Waals surface area contributed by atoms with E-state index in [1.807, 2.05) is 27.7 Å². The molecule has 82 valence electrons. The minimum absolute atomic E-state index is 0.574. The molecule has 0 fully saturated rings. The molecule has 14 heavy (non-hydrogen) atoms. The third kappa shape index (κ3) is 4.77. The smallest absolute Gasteiger partial charge is 0.364 e. The maximum atomic E-state index is 5.53. The van der Waals surface area contributed by atoms with E-state index < -0.39 is 8.80 Å². The van der Waals surface area contributed by atoms with Crippen molar-refractivity contribution in [1.29, 1.82) is 0 Å². The van der Waals surface area contributed by atoms with Crippen molar-refractivity contribution in [3.8, 4) is 11.5 Å². The van der Waals surface area contributed by atoms with E-state index in [1.165, 1.54) is 0 Å². The summed E-state index contributed by atoms with van der Waals surface area (Å²) in [6, 6.07) is 0. The van der Waals surface area contributed by atoms with Gasteiger partial charge in [-0.15, -0.1) is 5.92 Å². The molecule has 0 amide bonds. The van der Waals surface area contributed by atoms with E-state index >= 15 is 0 Å². The van der Waals surface area contributed by atoms with Gasteiger partial charge >= 0.3 is 8.80 Å². The van der Waals surface area contributed by atoms with Crippen LogP contribution in [0.15, 0.2) is 0 Å². The second kappa shape index (κ2) is 8.01. The first kappa shape index (κ1) is 13.7. The van der Waals surface area contributed by atoms with Crippen molar-refractivity contribution in [3.63, 3.8) is 0 Å². The Hall–Kier alpha value is -0.343. The van der Waals surface area contributed by atoms with Crippen molar-refractivity contribution < 1.29 is 13.3 Å². The third-order valence-electron chi connectivity index (χ3n) is 1.42. The van der Waals surface area contributed by atoms with Crippen molar-refractivity contribution in [3.05, 3.63) is 0 Å². The van der Waals surface area contributed by atoms with Gasteiger partial charge in [-0.2, -0.15) is 0 Å². The molecule has 4 heteroatoms. The molecule has 0 atom stereocenters. The molecule has 0 aromatic rings. The minimum Gasteiger partial charge on any atom is -0.364 e. The number of hydrogen-bond acceptors (Lipinski definition) is 3. The zero-order valence-electron chi connectivity index (χ0n) is 9.55. The maximum Gasteiger partial charge on any atom is 0.591 e. The van der Waals surface area contributed by atoms with Gasteiger partial charge in [0.15, 0.2) is 0 Å². The molecule has 0 N–H and O–H groups in total. The molecule has 0 rings (SSSR count). The van der Waals surface area contributed by atoms with Crippen LogP contribution in [0.1, 0.15) is 34.1 Å². The maximum absolute atomic E-state index is 5.53. The third-order valence-corrected chi connectivity index (χ3v) is 3.91. The van der Waals surface area contributed by atoms with Gasteiger partial charge in [0, 0.05) is 26.2 Å². The van der Waals surface area contributed by atoms with E-state index in [4.69, 9.17) is 13.3 Å². The Balaban J connectivity index is 4.54. The van der Waals surface area contributed by atoms with Crippen LogP contribution in [0.4, 0.5) is 0 Å². The van der Waals surface area contributed by atoms with Gasteiger partial charge in [0.1, 0.15) is 0 Å². The SMILES string of the molecule is CCC#C[Si](OCC)(OCC)OCC. The molecule has 3 nitrogen and oxygen atoms in total. The molecule has 0 unspecified atom stereocenters. The highest BCUT2D eigenvalue weighted by Gasteiger charge is 2.39. The Morgan fingerprint density at radius 1 is 0.857 bits per heavy atom. The molecule has 0 radical (unpaired) electrons. The predicted molar refractivity (Wildman–Crippen MR) is 58.7 cm³/mol. The van der Waals surface area contributed by atoms with Crippen LogP contribution in [-0.4, -0.2) is 28.6 Å². The van der Waals surface area contributed by atoms with E-state index in [1.54, 1.807) is 0 Å². The summed E-state index contributed by atoms with van der Waals surface area (Å²) in [5.41, 5.74) is 3.01. The summed E-state index contributed by atoms with van der Waals surface area (Å²) >= 11 is 0. The second-order valence-corrected chi connectivity index (χ2v) is 4.74. The molecule has 0 aromatic carbocycles. The first-order chi connectivity index (χ1) is 6.74. The summed E-state index contributed by atoms with van der Waals surface area (Å²) in [7, 11) is -2.68. The van der Waals surface area contributed by atoms with Crippen LogP contribution < -0.4 is 0 Å². The van der Waals surface area contributed by atoms with E-state index in [9.17, 15) is 0 Å². The van der Waals surface area contributed by atoms with Crippen molar-refractivity contribution >= 4 is 8.80 Å². The second-order valence-electron chi connectivity index (χ2n) is 2.51. The van der Waals surface area contributed by atoms with E-state index in [0.717, 1.165) is 6.42 Å². The monoisotopic (exact) mass is 216 g/mol. The molecule has 0 heterocycles. The van der Waals surface area contributed by atoms with Gasteiger partial charge in [-0.05, 0) is 26.3 Å². The van der Waals surface area contributed by atoms with Crippen molar-refractivity contribution in [2.75, 3.05) is 19.8 Å². The first-order valence-electron chi connectivity index (χ1n) is 5.16. The minimum atomic E-state index is -2.68. The average Bonchev–Trinajstić information content (AvgIpc) is 2.16. The standard InChI is InChI=1S/C10H20O3Si/c1-5-9-10-14(11-6-2,12-7-3)13-8-4/h5-8H2,1-4H3. The highest BCUT2D eigenvalue weighted by molar-refractivity contribution is 6.69. The summed E-state index contributed by atoms with van der Waals surface area (Å²) in [5, 5.41) is 0. The van der Waals surface area contributed by atoms with Crippen LogP contribution in [0.2, 0.25) is 0 Å². The molecular weight excluding hydrogens is 196 g/mol. The van der Waals surface area contributed by atoms with E-state index in [-0.39, 0.29) is 0 Å². The fourth-order valence-electron chi connectivity index (χ4n) is 1.000. The summed E-state index contributed by atoms with van der Waals surface area (Å²) < 4.78 is 16.6. The van der Waals surface area contributed by atoms with Crippen LogP contribution in [0, 0.1) is 11.5 Å². The molecule has 0 saturated carbocycles. The molecule has 0 spiro atoms. The highest BCUT2D eigenvalue weighted by Crippen LogP contribution is 2.08. The lowest BCUT2D eigenvalue weighted by Crippen LogP contribution is -2.45. The first-order valence-corrected chi connectivity index (χ1v) is 6.89. The largest absolute Gasteiger partial charge is 0.591 e. The summed E-state index contributed by atoms with van der Waals surface area (Å²) in [6.45, 7) is 9.49. The summed E-state index contributed by atoms with van der Waals surface area (Å²) in [5.74, 6) is 2.98. The molecule has 0 bridgehead atoms. The topological polar surface area (TPSA) is 27.7 Å². The van der Waals surface area contributed by atoms with Gasteiger partial charge < -0.3 is 13.3 Å². The van der Waals surface area contributed by atoms with E-state index in [2.05, 4.69) is 11.5 Å². The lowest BCUT2D eigenvalue weighted by Gasteiger charge is -2.22. The Morgan fingerprint density at radius 2 is 1.29 bits per heavy atom. The van der Waals surface area contributed by atoms with Crippen LogP contribution in [0.25, 0.3) is 0 Å². The zero-order valence-corrected chi connectivity index (χ0v) is 10.6. The summed E-state index contributed by atoms with van der Waals surface area (Å²) in [6.07, 6.45) is 0.794. The lowest BCUT2D eigenvalue weighted by atomic mass is 10.5. The number of rotatable bonds is 6. The normalized spacial score (nSPS) is 10.9. The van der Waals surface area contributed by atoms with Gasteiger partial charge in [0.05, 0.1) is 0 Å². The molecule has 0 aliphatic carbocycles. The van der Waals surface area contributed by atoms with Crippen LogP contribution in [0.3, 0.4) is 0 Å². The molecule has 0 aliphatic rings. The summed E-state index contributed by atoms with van der Waals surface area (Å²) in [4.78, 5) is 0. The van der Waals surface area contributed by atoms with Gasteiger partial charge in [0.25, 0.3) is 0 Å². The Bertz CT molecular complexity index is 178. The van der Waals surface area contributed by atoms with Crippen molar-refractivity contribution in [2.45, 2.75) is 34.1 Å². The van der Waals surface area contributed by atoms with Gasteiger partial charge in [-0.3, -0.25) is 0 Å². The fraction of sp³-hybridized carbons (Fsp3) is 0.800. The van der Waals surface area contributed by atoms with Gasteiger partial charge in [-0.25, -0.2) is 0 Å². The van der Waals surface area contributed by atoms with Gasteiger partial charge in [0.2, 0.25) is 0 Å². The molecule has 0 aliphatic heterocycles. The average molecular weight is 216 g/mol. The quantitative estimate of drug-likeness (QED) is 0.502. The van der Waals surface area contributed by atoms with Gasteiger partial charge in [-0.1, -0.05) is 6.92 Å². The molecule has 0 saturated heterocycles. The fourth-order valence-corrected chi connectivity index (χ4v) is 3.00. The van der Waals surface area contributed by atoms with Crippen LogP contribution in [0.5, 0.6) is 0 Å². The molecule has 0 aromatic heterocycles. The van der Waals surface area contributed by atoms with Crippen LogP contribution in [-0.2, 0) is 13.3 Å². The lowest BCUT2D eigenvalue weighted by molar-refractivity contribution is 0.0870. The van der Waals surface area contributed by atoms with Crippen molar-refractivity contribution in [1.82, 2.24) is 0 Å². The Kier molecular flexibility index (Phi) is 7.81. The number of hydrogen-bond donors (Lipinski definition) is 0. The predicted octanol–water partition coefficient (Wildman–Crippen LogP) is 1.99. The Morgan fingerprint density at radius 3 is 1.57 bits per heavy atom. The zero-order chi connectivity index (χ0) is 10.9. The Labute approximate surface area is 88.1 Å². The van der Waals surface area contributed by atoms with Crippen molar-refractivity contribution in [2.24, 2.45) is 0 Å². The van der Waals surface area contributed by atoms with Crippen LogP contribution >= 0.6 is 0 Å². The van der Waals surface area contributed by atoms with E-state index in [0.29, 0.717) is 19.8 Å². The molecular formula is C10H20O3Si.